The summed E-state index contributed by atoms with van der Waals surface area (Å²) >= 11 is 5.74. The van der Waals surface area contributed by atoms with Gasteiger partial charge in [-0.2, -0.15) is 13.2 Å². The minimum Gasteiger partial charge on any atom is -0.370 e. The van der Waals surface area contributed by atoms with E-state index in [2.05, 4.69) is 5.32 Å². The van der Waals surface area contributed by atoms with Gasteiger partial charge in [-0.05, 0) is 17.7 Å². The molecule has 9 heteroatoms. The normalized spacial score (nSPS) is 12.7. The maximum absolute atomic E-state index is 12.0. The van der Waals surface area contributed by atoms with Crippen LogP contribution in [0.25, 0.3) is 0 Å². The van der Waals surface area contributed by atoms with E-state index in [4.69, 9.17) is 17.3 Å². The largest absolute Gasteiger partial charge is 0.401 e. The highest BCUT2D eigenvalue weighted by Gasteiger charge is 2.26. The van der Waals surface area contributed by atoms with Crippen molar-refractivity contribution >= 4 is 23.4 Å². The van der Waals surface area contributed by atoms with Crippen LogP contribution < -0.4 is 16.4 Å². The lowest BCUT2D eigenvalue weighted by Gasteiger charge is -2.18. The molecule has 0 saturated heterocycles. The summed E-state index contributed by atoms with van der Waals surface area (Å²) in [5, 5.41) is 4.90. The fourth-order valence-corrected chi connectivity index (χ4v) is 1.84. The molecule has 0 aliphatic heterocycles. The van der Waals surface area contributed by atoms with Crippen molar-refractivity contribution in [3.8, 4) is 0 Å². The van der Waals surface area contributed by atoms with E-state index in [0.29, 0.717) is 10.6 Å². The molecule has 0 aromatic heterocycles. The van der Waals surface area contributed by atoms with Gasteiger partial charge in [-0.1, -0.05) is 23.7 Å². The molecule has 22 heavy (non-hydrogen) atoms. The first-order chi connectivity index (χ1) is 10.2. The van der Waals surface area contributed by atoms with E-state index in [9.17, 15) is 22.8 Å². The number of amides is 2. The number of rotatable bonds is 7. The number of carbonyl (C=O) groups is 2. The lowest BCUT2D eigenvalue weighted by molar-refractivity contribution is -0.128. The van der Waals surface area contributed by atoms with Gasteiger partial charge in [-0.25, -0.2) is 0 Å². The standard InChI is InChI=1S/C13H15ClF3N3O2/c14-9-3-1-8(2-4-9)10(5-11(18)21)20-12(22)6-19-7-13(15,16)17/h1-4,10,19H,5-7H2,(H2,18,21)(H,20,22)/t10-/m1/s1. The molecule has 0 aliphatic carbocycles. The highest BCUT2D eigenvalue weighted by molar-refractivity contribution is 6.30. The third-order valence-corrected chi connectivity index (χ3v) is 2.88. The maximum atomic E-state index is 12.0. The first-order valence-electron chi connectivity index (χ1n) is 6.28. The second-order valence-corrected chi connectivity index (χ2v) is 5.00. The summed E-state index contributed by atoms with van der Waals surface area (Å²) in [7, 11) is 0. The SMILES string of the molecule is NC(=O)C[C@@H](NC(=O)CNCC(F)(F)F)c1ccc(Cl)cc1. The van der Waals surface area contributed by atoms with Gasteiger partial charge in [0.2, 0.25) is 11.8 Å². The van der Waals surface area contributed by atoms with Crippen LogP contribution in [0.2, 0.25) is 5.02 Å². The number of nitrogens with one attached hydrogen (secondary N) is 2. The number of alkyl halides is 3. The Morgan fingerprint density at radius 1 is 1.23 bits per heavy atom. The molecule has 0 saturated carbocycles. The van der Waals surface area contributed by atoms with E-state index in [-0.39, 0.29) is 6.42 Å². The molecular weight excluding hydrogens is 323 g/mol. The van der Waals surface area contributed by atoms with Crippen LogP contribution in [0.3, 0.4) is 0 Å². The minimum atomic E-state index is -4.40. The second kappa shape index (κ2) is 8.00. The summed E-state index contributed by atoms with van der Waals surface area (Å²) in [6.07, 6.45) is -4.57. The number of benzene rings is 1. The zero-order valence-electron chi connectivity index (χ0n) is 11.4. The first-order valence-corrected chi connectivity index (χ1v) is 6.66. The zero-order valence-corrected chi connectivity index (χ0v) is 12.2. The molecule has 4 N–H and O–H groups in total. The first kappa shape index (κ1) is 18.2. The van der Waals surface area contributed by atoms with Gasteiger partial charge < -0.3 is 16.4 Å². The smallest absolute Gasteiger partial charge is 0.370 e. The Balaban J connectivity index is 2.63. The Morgan fingerprint density at radius 2 is 1.82 bits per heavy atom. The Kier molecular flexibility index (Phi) is 6.63. The van der Waals surface area contributed by atoms with Crippen LogP contribution in [-0.4, -0.2) is 31.1 Å². The molecule has 0 aliphatic rings. The summed E-state index contributed by atoms with van der Waals surface area (Å²) in [5.74, 6) is -1.33. The molecule has 0 fully saturated rings. The number of primary amides is 1. The molecule has 2 amide bonds. The van der Waals surface area contributed by atoms with Crippen molar-refractivity contribution in [2.45, 2.75) is 18.6 Å². The van der Waals surface area contributed by atoms with Crippen molar-refractivity contribution in [3.63, 3.8) is 0 Å². The van der Waals surface area contributed by atoms with Crippen LogP contribution in [0.1, 0.15) is 18.0 Å². The second-order valence-electron chi connectivity index (χ2n) is 4.56. The summed E-state index contributed by atoms with van der Waals surface area (Å²) in [6, 6.07) is 5.60. The van der Waals surface area contributed by atoms with Crippen molar-refractivity contribution in [3.05, 3.63) is 34.9 Å². The van der Waals surface area contributed by atoms with Crippen molar-refractivity contribution in [2.75, 3.05) is 13.1 Å². The zero-order chi connectivity index (χ0) is 16.8. The average molecular weight is 338 g/mol. The van der Waals surface area contributed by atoms with Gasteiger partial charge in [0, 0.05) is 5.02 Å². The van der Waals surface area contributed by atoms with Crippen molar-refractivity contribution in [1.29, 1.82) is 0 Å². The van der Waals surface area contributed by atoms with Gasteiger partial charge in [-0.3, -0.25) is 9.59 Å². The van der Waals surface area contributed by atoms with Crippen LogP contribution in [0.4, 0.5) is 13.2 Å². The summed E-state index contributed by atoms with van der Waals surface area (Å²) in [6.45, 7) is -1.80. The Labute approximate surface area is 130 Å². The van der Waals surface area contributed by atoms with Gasteiger partial charge in [0.15, 0.2) is 0 Å². The highest BCUT2D eigenvalue weighted by Crippen LogP contribution is 2.19. The van der Waals surface area contributed by atoms with E-state index >= 15 is 0 Å². The third-order valence-electron chi connectivity index (χ3n) is 2.62. The van der Waals surface area contributed by atoms with Crippen LogP contribution in [0.15, 0.2) is 24.3 Å². The van der Waals surface area contributed by atoms with Crippen molar-refractivity contribution in [2.24, 2.45) is 5.73 Å². The lowest BCUT2D eigenvalue weighted by atomic mass is 10.0. The van der Waals surface area contributed by atoms with Crippen molar-refractivity contribution in [1.82, 2.24) is 10.6 Å². The van der Waals surface area contributed by atoms with Gasteiger partial charge >= 0.3 is 6.18 Å². The number of hydrogen-bond acceptors (Lipinski definition) is 3. The Morgan fingerprint density at radius 3 is 2.32 bits per heavy atom. The van der Waals surface area contributed by atoms with E-state index in [1.807, 2.05) is 5.32 Å². The maximum Gasteiger partial charge on any atom is 0.401 e. The van der Waals surface area contributed by atoms with Gasteiger partial charge in [0.1, 0.15) is 0 Å². The van der Waals surface area contributed by atoms with E-state index in [1.165, 1.54) is 0 Å². The molecule has 0 unspecified atom stereocenters. The summed E-state index contributed by atoms with van der Waals surface area (Å²) in [5.41, 5.74) is 5.69. The number of nitrogens with two attached hydrogens (primary N) is 1. The van der Waals surface area contributed by atoms with Crippen LogP contribution in [0.5, 0.6) is 0 Å². The predicted molar refractivity (Wildman–Crippen MR) is 75.1 cm³/mol. The van der Waals surface area contributed by atoms with Gasteiger partial charge in [-0.15, -0.1) is 0 Å². The topological polar surface area (TPSA) is 84.2 Å². The van der Waals surface area contributed by atoms with Gasteiger partial charge in [0.05, 0.1) is 25.6 Å². The lowest BCUT2D eigenvalue weighted by Crippen LogP contribution is -2.40. The van der Waals surface area contributed by atoms with E-state index in [1.54, 1.807) is 24.3 Å². The monoisotopic (exact) mass is 337 g/mol. The predicted octanol–water partition coefficient (Wildman–Crippen LogP) is 1.52. The molecular formula is C13H15ClF3N3O2. The Bertz CT molecular complexity index is 520. The molecule has 0 radical (unpaired) electrons. The van der Waals surface area contributed by atoms with E-state index in [0.717, 1.165) is 0 Å². The number of hydrogen-bond donors (Lipinski definition) is 3. The molecule has 0 bridgehead atoms. The third kappa shape index (κ3) is 7.28. The quantitative estimate of drug-likeness (QED) is 0.705. The van der Waals surface area contributed by atoms with Crippen molar-refractivity contribution < 1.29 is 22.8 Å². The highest BCUT2D eigenvalue weighted by atomic mass is 35.5. The summed E-state index contributed by atoms with van der Waals surface area (Å²) < 4.78 is 35.9. The molecule has 0 spiro atoms. The molecule has 0 heterocycles. The fraction of sp³-hybridized carbons (Fsp3) is 0.385. The molecule has 5 nitrogen and oxygen atoms in total. The van der Waals surface area contributed by atoms with Crippen LogP contribution >= 0.6 is 11.6 Å². The average Bonchev–Trinajstić information content (AvgIpc) is 2.36. The van der Waals surface area contributed by atoms with Crippen LogP contribution in [0, 0.1) is 0 Å². The molecule has 1 atom stereocenters. The molecule has 1 aromatic carbocycles. The number of carbonyl (C=O) groups excluding carboxylic acids is 2. The van der Waals surface area contributed by atoms with Crippen LogP contribution in [-0.2, 0) is 9.59 Å². The molecule has 122 valence electrons. The molecule has 1 aromatic rings. The minimum absolute atomic E-state index is 0.174. The van der Waals surface area contributed by atoms with Gasteiger partial charge in [0.25, 0.3) is 0 Å². The van der Waals surface area contributed by atoms with E-state index < -0.39 is 37.1 Å². The summed E-state index contributed by atoms with van der Waals surface area (Å²) in [4.78, 5) is 22.7. The Hall–Kier alpha value is -1.80. The fourth-order valence-electron chi connectivity index (χ4n) is 1.71. The molecule has 1 rings (SSSR count). The number of halogens is 4.